The molecule has 0 amide bonds. The molecule has 4 heteroatoms. The van der Waals surface area contributed by atoms with Gasteiger partial charge in [0.05, 0.1) is 10.6 Å². The Kier molecular flexibility index (Phi) is 5.79. The number of rotatable bonds is 7. The lowest BCUT2D eigenvalue weighted by molar-refractivity contribution is 0.102. The van der Waals surface area contributed by atoms with Gasteiger partial charge in [0.2, 0.25) is 0 Å². The Balaban J connectivity index is 2.97. The van der Waals surface area contributed by atoms with Gasteiger partial charge in [-0.1, -0.05) is 31.6 Å². The summed E-state index contributed by atoms with van der Waals surface area (Å²) in [6, 6.07) is 0.474. The Labute approximate surface area is 114 Å². The van der Waals surface area contributed by atoms with E-state index in [1.54, 1.807) is 6.92 Å². The zero-order chi connectivity index (χ0) is 13.7. The van der Waals surface area contributed by atoms with E-state index in [-0.39, 0.29) is 5.78 Å². The molecule has 1 atom stereocenters. The van der Waals surface area contributed by atoms with Gasteiger partial charge in [-0.3, -0.25) is 4.79 Å². The first-order valence-corrected chi connectivity index (χ1v) is 7.57. The zero-order valence-corrected chi connectivity index (χ0v) is 12.9. The fourth-order valence-corrected chi connectivity index (χ4v) is 2.98. The van der Waals surface area contributed by atoms with Crippen molar-refractivity contribution in [3.8, 4) is 0 Å². The number of ketones is 1. The fourth-order valence-electron chi connectivity index (χ4n) is 1.89. The van der Waals surface area contributed by atoms with Crippen molar-refractivity contribution >= 4 is 22.3 Å². The van der Waals surface area contributed by atoms with E-state index >= 15 is 0 Å². The van der Waals surface area contributed by atoms with Gasteiger partial charge in [-0.05, 0) is 26.7 Å². The molecule has 0 saturated heterocycles. The highest BCUT2D eigenvalue weighted by molar-refractivity contribution is 7.17. The number of carbonyl (C=O) groups excluding carboxylic acids is 1. The fraction of sp³-hybridized carbons (Fsp3) is 0.714. The molecule has 3 nitrogen and oxygen atoms in total. The molecule has 0 N–H and O–H groups in total. The average Bonchev–Trinajstić information content (AvgIpc) is 2.71. The minimum atomic E-state index is 0.121. The van der Waals surface area contributed by atoms with Crippen molar-refractivity contribution in [2.75, 3.05) is 11.4 Å². The molecule has 0 aromatic carbocycles. The topological polar surface area (TPSA) is 33.2 Å². The Bertz CT molecular complexity index is 400. The third-order valence-corrected chi connectivity index (χ3v) is 4.52. The Hall–Kier alpha value is -0.900. The molecule has 102 valence electrons. The number of anilines is 1. The van der Waals surface area contributed by atoms with Gasteiger partial charge in [-0.25, -0.2) is 4.98 Å². The number of nitrogens with zero attached hydrogens (tertiary/aromatic N) is 2. The van der Waals surface area contributed by atoms with Crippen LogP contribution in [0.1, 0.15) is 62.3 Å². The van der Waals surface area contributed by atoms with Crippen LogP contribution in [0, 0.1) is 6.92 Å². The van der Waals surface area contributed by atoms with Gasteiger partial charge < -0.3 is 4.90 Å². The van der Waals surface area contributed by atoms with Gasteiger partial charge in [-0.2, -0.15) is 0 Å². The molecular formula is C14H24N2OS. The number of unbranched alkanes of at least 4 members (excludes halogenated alkanes) is 1. The number of hydrogen-bond acceptors (Lipinski definition) is 4. The molecule has 0 radical (unpaired) electrons. The Morgan fingerprint density at radius 3 is 2.56 bits per heavy atom. The molecular weight excluding hydrogens is 244 g/mol. The smallest absolute Gasteiger partial charge is 0.186 e. The first kappa shape index (κ1) is 15.2. The van der Waals surface area contributed by atoms with E-state index in [1.165, 1.54) is 24.2 Å². The molecule has 0 bridgehead atoms. The van der Waals surface area contributed by atoms with Crippen LogP contribution >= 0.6 is 11.3 Å². The zero-order valence-electron chi connectivity index (χ0n) is 12.1. The standard InChI is InChI=1S/C14H24N2OS/c1-6-8-9-16(10(3)7-2)14-15-11(4)13(18-14)12(5)17/h10H,6-9H2,1-5H3. The van der Waals surface area contributed by atoms with Gasteiger partial charge in [-0.15, -0.1) is 0 Å². The highest BCUT2D eigenvalue weighted by Crippen LogP contribution is 2.28. The normalized spacial score (nSPS) is 12.5. The number of thiazole rings is 1. The highest BCUT2D eigenvalue weighted by Gasteiger charge is 2.19. The van der Waals surface area contributed by atoms with Crippen molar-refractivity contribution in [1.29, 1.82) is 0 Å². The van der Waals surface area contributed by atoms with Crippen molar-refractivity contribution in [1.82, 2.24) is 4.98 Å². The summed E-state index contributed by atoms with van der Waals surface area (Å²) in [4.78, 5) is 19.2. The Morgan fingerprint density at radius 2 is 2.11 bits per heavy atom. The second-order valence-corrected chi connectivity index (χ2v) is 5.75. The minimum absolute atomic E-state index is 0.121. The van der Waals surface area contributed by atoms with Gasteiger partial charge in [0.25, 0.3) is 0 Å². The van der Waals surface area contributed by atoms with E-state index in [4.69, 9.17) is 0 Å². The summed E-state index contributed by atoms with van der Waals surface area (Å²) in [7, 11) is 0. The first-order chi connectivity index (χ1) is 8.51. The molecule has 18 heavy (non-hydrogen) atoms. The average molecular weight is 268 g/mol. The number of aryl methyl sites for hydroxylation is 1. The van der Waals surface area contributed by atoms with Crippen LogP contribution in [0.3, 0.4) is 0 Å². The second kappa shape index (κ2) is 6.88. The molecule has 0 aliphatic rings. The van der Waals surface area contributed by atoms with Crippen LogP contribution in [0.15, 0.2) is 0 Å². The number of Topliss-reactive ketones (excluding diaryl/α,β-unsaturated/α-hetero) is 1. The van der Waals surface area contributed by atoms with Crippen LogP contribution in [-0.4, -0.2) is 23.4 Å². The van der Waals surface area contributed by atoms with Crippen molar-refractivity contribution in [3.63, 3.8) is 0 Å². The summed E-state index contributed by atoms with van der Waals surface area (Å²) in [6.45, 7) is 11.2. The SMILES string of the molecule is CCCCN(c1nc(C)c(C(C)=O)s1)C(C)CC. The maximum atomic E-state index is 11.5. The number of carbonyl (C=O) groups is 1. The van der Waals surface area contributed by atoms with Gasteiger partial charge in [0.1, 0.15) is 0 Å². The molecule has 1 aromatic heterocycles. The third-order valence-electron chi connectivity index (χ3n) is 3.23. The van der Waals surface area contributed by atoms with Crippen LogP contribution in [0.2, 0.25) is 0 Å². The predicted molar refractivity (Wildman–Crippen MR) is 78.9 cm³/mol. The summed E-state index contributed by atoms with van der Waals surface area (Å²) in [5.41, 5.74) is 0.868. The first-order valence-electron chi connectivity index (χ1n) is 6.76. The number of hydrogen-bond donors (Lipinski definition) is 0. The maximum Gasteiger partial charge on any atom is 0.186 e. The molecule has 1 heterocycles. The third kappa shape index (κ3) is 3.55. The molecule has 0 saturated carbocycles. The highest BCUT2D eigenvalue weighted by atomic mass is 32.1. The van der Waals surface area contributed by atoms with Crippen LogP contribution in [0.25, 0.3) is 0 Å². The molecule has 1 rings (SSSR count). The lowest BCUT2D eigenvalue weighted by Crippen LogP contribution is -2.33. The lowest BCUT2D eigenvalue weighted by atomic mass is 10.2. The molecule has 0 spiro atoms. The van der Waals surface area contributed by atoms with E-state index in [9.17, 15) is 4.79 Å². The van der Waals surface area contributed by atoms with Crippen molar-refractivity contribution in [2.24, 2.45) is 0 Å². The monoisotopic (exact) mass is 268 g/mol. The van der Waals surface area contributed by atoms with Crippen molar-refractivity contribution in [2.45, 2.75) is 59.9 Å². The molecule has 0 fully saturated rings. The van der Waals surface area contributed by atoms with E-state index in [1.807, 2.05) is 6.92 Å². The largest absolute Gasteiger partial charge is 0.345 e. The summed E-state index contributed by atoms with van der Waals surface area (Å²) < 4.78 is 0. The van der Waals surface area contributed by atoms with Crippen LogP contribution in [0.5, 0.6) is 0 Å². The molecule has 0 aliphatic carbocycles. The lowest BCUT2D eigenvalue weighted by Gasteiger charge is -2.28. The van der Waals surface area contributed by atoms with Crippen molar-refractivity contribution in [3.05, 3.63) is 10.6 Å². The Morgan fingerprint density at radius 1 is 1.44 bits per heavy atom. The van der Waals surface area contributed by atoms with Gasteiger partial charge in [0.15, 0.2) is 10.9 Å². The van der Waals surface area contributed by atoms with E-state index in [0.717, 1.165) is 28.7 Å². The van der Waals surface area contributed by atoms with Crippen LogP contribution < -0.4 is 4.90 Å². The second-order valence-electron chi connectivity index (χ2n) is 4.77. The maximum absolute atomic E-state index is 11.5. The molecule has 1 aromatic rings. The predicted octanol–water partition coefficient (Wildman–Crippen LogP) is 4.06. The quantitative estimate of drug-likeness (QED) is 0.699. The van der Waals surface area contributed by atoms with Gasteiger partial charge in [0, 0.05) is 19.5 Å². The van der Waals surface area contributed by atoms with E-state index in [0.29, 0.717) is 6.04 Å². The summed E-state index contributed by atoms with van der Waals surface area (Å²) in [6.07, 6.45) is 3.44. The summed E-state index contributed by atoms with van der Waals surface area (Å²) in [5.74, 6) is 0.121. The summed E-state index contributed by atoms with van der Waals surface area (Å²) in [5, 5.41) is 1.00. The van der Waals surface area contributed by atoms with Gasteiger partial charge >= 0.3 is 0 Å². The summed E-state index contributed by atoms with van der Waals surface area (Å²) >= 11 is 1.54. The van der Waals surface area contributed by atoms with Crippen molar-refractivity contribution < 1.29 is 4.79 Å². The minimum Gasteiger partial charge on any atom is -0.345 e. The van der Waals surface area contributed by atoms with Crippen LogP contribution in [0.4, 0.5) is 5.13 Å². The number of aromatic nitrogens is 1. The van der Waals surface area contributed by atoms with E-state index in [2.05, 4.69) is 30.7 Å². The molecule has 0 aliphatic heterocycles. The van der Waals surface area contributed by atoms with E-state index < -0.39 is 0 Å². The molecule has 1 unspecified atom stereocenters. The van der Waals surface area contributed by atoms with Crippen LogP contribution in [-0.2, 0) is 0 Å².